The highest BCUT2D eigenvalue weighted by molar-refractivity contribution is 6.11. The number of aliphatic hydroxyl groups excluding tert-OH is 1. The average molecular weight is 532 g/mol. The number of benzene rings is 3. The van der Waals surface area contributed by atoms with E-state index in [1.54, 1.807) is 18.2 Å². The number of hydrogen-bond donors (Lipinski definition) is 3. The highest BCUT2D eigenvalue weighted by atomic mass is 19.4. The van der Waals surface area contributed by atoms with E-state index in [9.17, 15) is 22.4 Å². The molecular formula is C27H24F4N2O5. The van der Waals surface area contributed by atoms with Crippen LogP contribution in [0.15, 0.2) is 60.8 Å². The first kappa shape index (κ1) is 26.8. The summed E-state index contributed by atoms with van der Waals surface area (Å²) in [6.07, 6.45) is -3.27. The van der Waals surface area contributed by atoms with Crippen LogP contribution in [0.5, 0.6) is 17.2 Å². The van der Waals surface area contributed by atoms with Gasteiger partial charge in [0.05, 0.1) is 26.4 Å². The summed E-state index contributed by atoms with van der Waals surface area (Å²) >= 11 is 0. The fourth-order valence-electron chi connectivity index (χ4n) is 4.05. The number of nitrogens with one attached hydrogen (secondary N) is 2. The largest absolute Gasteiger partial charge is 0.497 e. The van der Waals surface area contributed by atoms with Gasteiger partial charge in [-0.25, -0.2) is 4.39 Å². The van der Waals surface area contributed by atoms with Gasteiger partial charge in [0, 0.05) is 58.2 Å². The van der Waals surface area contributed by atoms with Gasteiger partial charge in [0.25, 0.3) is 0 Å². The predicted molar refractivity (Wildman–Crippen MR) is 133 cm³/mol. The molecule has 0 amide bonds. The number of H-pyrrole nitrogens is 1. The van der Waals surface area contributed by atoms with E-state index in [2.05, 4.69) is 10.3 Å². The molecule has 0 aliphatic carbocycles. The second-order valence-corrected chi connectivity index (χ2v) is 8.26. The van der Waals surface area contributed by atoms with Gasteiger partial charge < -0.3 is 29.6 Å². The molecule has 0 spiro atoms. The quantitative estimate of drug-likeness (QED) is 0.178. The molecule has 0 fully saturated rings. The highest BCUT2D eigenvalue weighted by Crippen LogP contribution is 2.37. The average Bonchev–Trinajstić information content (AvgIpc) is 3.33. The van der Waals surface area contributed by atoms with Gasteiger partial charge in [0.15, 0.2) is 5.78 Å². The lowest BCUT2D eigenvalue weighted by Gasteiger charge is -2.22. The summed E-state index contributed by atoms with van der Waals surface area (Å²) < 4.78 is 70.3. The number of carbonyl (C=O) groups is 1. The molecule has 0 bridgehead atoms. The molecule has 4 rings (SSSR count). The van der Waals surface area contributed by atoms with Crippen molar-refractivity contribution in [3.8, 4) is 17.2 Å². The number of carbonyl (C=O) groups excluding carboxylic acids is 1. The number of methoxy groups -OCH3 is 2. The summed E-state index contributed by atoms with van der Waals surface area (Å²) in [4.78, 5) is 16.8. The summed E-state index contributed by atoms with van der Waals surface area (Å²) in [5, 5.41) is 12.2. The van der Waals surface area contributed by atoms with Gasteiger partial charge in [-0.2, -0.15) is 13.2 Å². The fraction of sp³-hybridized carbons (Fsp3) is 0.222. The van der Waals surface area contributed by atoms with Crippen LogP contribution in [0.3, 0.4) is 0 Å². The van der Waals surface area contributed by atoms with Gasteiger partial charge in [-0.1, -0.05) is 0 Å². The molecule has 0 aliphatic heterocycles. The molecule has 1 heterocycles. The Kier molecular flexibility index (Phi) is 7.77. The standard InChI is InChI=1S/C27H24F4N2O5/c1-36-18-11-17(12-19(13-18)38-8-7-34)33-25(20-5-4-16(28)10-24(20)37-2)26(35)22-14-32-23-6-3-15(9-21(22)23)27(29,30)31/h3-6,9-14,25,32-34H,7-8H2,1-2H3. The molecule has 1 aromatic heterocycles. The summed E-state index contributed by atoms with van der Waals surface area (Å²) in [7, 11) is 2.75. The predicted octanol–water partition coefficient (Wildman–Crippen LogP) is 5.75. The Morgan fingerprint density at radius 1 is 1.03 bits per heavy atom. The minimum absolute atomic E-state index is 0.00497. The third-order valence-electron chi connectivity index (χ3n) is 5.83. The molecule has 0 aliphatic rings. The highest BCUT2D eigenvalue weighted by Gasteiger charge is 2.32. The number of hydrogen-bond acceptors (Lipinski definition) is 6. The number of ketones is 1. The lowest BCUT2D eigenvalue weighted by molar-refractivity contribution is -0.137. The fourth-order valence-corrected chi connectivity index (χ4v) is 4.05. The third kappa shape index (κ3) is 5.67. The topological polar surface area (TPSA) is 92.8 Å². The SMILES string of the molecule is COc1cc(NC(C(=O)c2c[nH]c3ccc(C(F)(F)F)cc23)c2ccc(F)cc2OC)cc(OCCO)c1. The maximum Gasteiger partial charge on any atom is 0.416 e. The van der Waals surface area contributed by atoms with E-state index in [4.69, 9.17) is 19.3 Å². The van der Waals surface area contributed by atoms with Crippen LogP contribution >= 0.6 is 0 Å². The van der Waals surface area contributed by atoms with Crippen LogP contribution in [0.4, 0.5) is 23.2 Å². The maximum absolute atomic E-state index is 14.0. The van der Waals surface area contributed by atoms with Crippen LogP contribution in [0.25, 0.3) is 10.9 Å². The number of rotatable bonds is 10. The smallest absolute Gasteiger partial charge is 0.416 e. The van der Waals surface area contributed by atoms with Crippen LogP contribution < -0.4 is 19.5 Å². The second-order valence-electron chi connectivity index (χ2n) is 8.26. The molecule has 3 aromatic carbocycles. The Bertz CT molecular complexity index is 1450. The van der Waals surface area contributed by atoms with Crippen molar-refractivity contribution < 1.29 is 41.7 Å². The first-order valence-corrected chi connectivity index (χ1v) is 11.4. The number of halogens is 4. The van der Waals surface area contributed by atoms with Crippen molar-refractivity contribution in [3.63, 3.8) is 0 Å². The molecule has 38 heavy (non-hydrogen) atoms. The number of aromatic nitrogens is 1. The lowest BCUT2D eigenvalue weighted by Crippen LogP contribution is -2.22. The Balaban J connectivity index is 1.83. The molecule has 0 saturated carbocycles. The van der Waals surface area contributed by atoms with Gasteiger partial charge in [0.1, 0.15) is 35.7 Å². The van der Waals surface area contributed by atoms with Crippen LogP contribution in [-0.2, 0) is 6.18 Å². The normalized spacial score (nSPS) is 12.3. The molecule has 0 radical (unpaired) electrons. The number of Topliss-reactive ketones (excluding diaryl/α,β-unsaturated/α-hetero) is 1. The van der Waals surface area contributed by atoms with Crippen molar-refractivity contribution >= 4 is 22.4 Å². The van der Waals surface area contributed by atoms with Crippen molar-refractivity contribution in [3.05, 3.63) is 83.3 Å². The molecule has 0 saturated heterocycles. The number of aliphatic hydroxyl groups is 1. The molecule has 7 nitrogen and oxygen atoms in total. The van der Waals surface area contributed by atoms with Gasteiger partial charge in [-0.05, 0) is 30.3 Å². The molecule has 1 atom stereocenters. The summed E-state index contributed by atoms with van der Waals surface area (Å²) in [6.45, 7) is -0.216. The lowest BCUT2D eigenvalue weighted by atomic mass is 9.95. The maximum atomic E-state index is 14.0. The zero-order valence-corrected chi connectivity index (χ0v) is 20.4. The van der Waals surface area contributed by atoms with E-state index in [1.807, 2.05) is 0 Å². The minimum atomic E-state index is -4.60. The zero-order chi connectivity index (χ0) is 27.4. The molecule has 3 N–H and O–H groups in total. The van der Waals surface area contributed by atoms with E-state index in [0.29, 0.717) is 22.7 Å². The Hall–Kier alpha value is -4.25. The summed E-state index contributed by atoms with van der Waals surface area (Å²) in [6, 6.07) is 10.2. The number of fused-ring (bicyclic) bond motifs is 1. The molecule has 200 valence electrons. The first-order valence-electron chi connectivity index (χ1n) is 11.4. The van der Waals surface area contributed by atoms with Crippen LogP contribution in [0.2, 0.25) is 0 Å². The summed E-state index contributed by atoms with van der Waals surface area (Å²) in [5.74, 6) is -0.422. The second kappa shape index (κ2) is 11.0. The molecule has 4 aromatic rings. The van der Waals surface area contributed by atoms with E-state index in [1.165, 1.54) is 32.5 Å². The first-order chi connectivity index (χ1) is 18.1. The van der Waals surface area contributed by atoms with Crippen molar-refractivity contribution in [1.82, 2.24) is 4.98 Å². The van der Waals surface area contributed by atoms with E-state index in [-0.39, 0.29) is 35.5 Å². The number of alkyl halides is 3. The number of ether oxygens (including phenoxy) is 3. The van der Waals surface area contributed by atoms with Gasteiger partial charge in [0.2, 0.25) is 0 Å². The third-order valence-corrected chi connectivity index (χ3v) is 5.83. The molecule has 1 unspecified atom stereocenters. The molecule has 11 heteroatoms. The van der Waals surface area contributed by atoms with E-state index < -0.39 is 29.4 Å². The van der Waals surface area contributed by atoms with Crippen molar-refractivity contribution in [1.29, 1.82) is 0 Å². The Labute approximate surface area is 214 Å². The molecular weight excluding hydrogens is 508 g/mol. The Morgan fingerprint density at radius 2 is 1.79 bits per heavy atom. The monoisotopic (exact) mass is 532 g/mol. The van der Waals surface area contributed by atoms with Crippen LogP contribution in [0.1, 0.15) is 27.5 Å². The number of anilines is 1. The van der Waals surface area contributed by atoms with Gasteiger partial charge >= 0.3 is 6.18 Å². The minimum Gasteiger partial charge on any atom is -0.497 e. The van der Waals surface area contributed by atoms with Crippen molar-refractivity contribution in [2.24, 2.45) is 0 Å². The zero-order valence-electron chi connectivity index (χ0n) is 20.4. The van der Waals surface area contributed by atoms with Crippen LogP contribution in [-0.4, -0.2) is 43.3 Å². The van der Waals surface area contributed by atoms with Crippen molar-refractivity contribution in [2.45, 2.75) is 12.2 Å². The van der Waals surface area contributed by atoms with Gasteiger partial charge in [-0.15, -0.1) is 0 Å². The van der Waals surface area contributed by atoms with Crippen molar-refractivity contribution in [2.75, 3.05) is 32.8 Å². The Morgan fingerprint density at radius 3 is 2.47 bits per heavy atom. The number of aromatic amines is 1. The van der Waals surface area contributed by atoms with E-state index >= 15 is 0 Å². The van der Waals surface area contributed by atoms with Gasteiger partial charge in [-0.3, -0.25) is 4.79 Å². The van der Waals surface area contributed by atoms with E-state index in [0.717, 1.165) is 24.3 Å². The summed E-state index contributed by atoms with van der Waals surface area (Å²) in [5.41, 5.74) is 0.0431. The van der Waals surface area contributed by atoms with Crippen LogP contribution in [0, 0.1) is 5.82 Å².